The minimum atomic E-state index is -4.43. The number of amides is 1. The lowest BCUT2D eigenvalue weighted by Gasteiger charge is -2.48. The monoisotopic (exact) mass is 476 g/mol. The molecule has 2 aliphatic rings. The molecule has 1 amide bonds. The summed E-state index contributed by atoms with van der Waals surface area (Å²) in [5, 5.41) is 12.5. The molecule has 11 heteroatoms. The summed E-state index contributed by atoms with van der Waals surface area (Å²) in [6.45, 7) is 9.17. The SMILES string of the molecule is C=CCOCN1CC(N2CCN(C(=O)CNc3cc(CC(F)(F)F)c(Cl)cc3O)CC2)C1. The minimum absolute atomic E-state index is 0.0499. The average molecular weight is 477 g/mol. The largest absolute Gasteiger partial charge is 0.506 e. The molecule has 0 radical (unpaired) electrons. The number of likely N-dealkylation sites (tertiary alicyclic amines) is 1. The molecular weight excluding hydrogens is 449 g/mol. The molecule has 2 fully saturated rings. The van der Waals surface area contributed by atoms with Gasteiger partial charge in [-0.1, -0.05) is 17.7 Å². The number of alkyl halides is 3. The Balaban J connectivity index is 1.43. The van der Waals surface area contributed by atoms with Crippen molar-refractivity contribution in [2.45, 2.75) is 18.6 Å². The van der Waals surface area contributed by atoms with Crippen molar-refractivity contribution in [3.63, 3.8) is 0 Å². The van der Waals surface area contributed by atoms with Crippen LogP contribution in [0.2, 0.25) is 5.02 Å². The van der Waals surface area contributed by atoms with E-state index in [-0.39, 0.29) is 34.5 Å². The number of hydrogen-bond donors (Lipinski definition) is 2. The topological polar surface area (TPSA) is 68.3 Å². The van der Waals surface area contributed by atoms with Crippen LogP contribution in [0.4, 0.5) is 18.9 Å². The number of nitrogens with one attached hydrogen (secondary N) is 1. The first-order valence-corrected chi connectivity index (χ1v) is 10.8. The van der Waals surface area contributed by atoms with Crippen molar-refractivity contribution < 1.29 is 27.8 Å². The number of anilines is 1. The second-order valence-electron chi connectivity index (χ2n) is 8.00. The summed E-state index contributed by atoms with van der Waals surface area (Å²) in [5.41, 5.74) is -0.112. The first-order valence-electron chi connectivity index (χ1n) is 10.4. The van der Waals surface area contributed by atoms with E-state index in [9.17, 15) is 23.1 Å². The third-order valence-electron chi connectivity index (χ3n) is 5.62. The molecule has 0 bridgehead atoms. The van der Waals surface area contributed by atoms with Crippen LogP contribution in [0.1, 0.15) is 5.56 Å². The lowest BCUT2D eigenvalue weighted by molar-refractivity contribution is -0.132. The van der Waals surface area contributed by atoms with Gasteiger partial charge in [0.05, 0.1) is 32.0 Å². The molecule has 0 saturated carbocycles. The van der Waals surface area contributed by atoms with Gasteiger partial charge in [0, 0.05) is 56.4 Å². The molecule has 2 N–H and O–H groups in total. The van der Waals surface area contributed by atoms with Crippen molar-refractivity contribution in [2.75, 3.05) is 64.5 Å². The van der Waals surface area contributed by atoms with Gasteiger partial charge in [-0.05, 0) is 11.6 Å². The van der Waals surface area contributed by atoms with Crippen LogP contribution in [0.15, 0.2) is 24.8 Å². The van der Waals surface area contributed by atoms with Gasteiger partial charge in [-0.25, -0.2) is 0 Å². The molecule has 0 spiro atoms. The average Bonchev–Trinajstić information content (AvgIpc) is 2.70. The van der Waals surface area contributed by atoms with Gasteiger partial charge in [-0.15, -0.1) is 6.58 Å². The molecule has 0 aromatic heterocycles. The summed E-state index contributed by atoms with van der Waals surface area (Å²) in [5.74, 6) is -0.477. The number of rotatable bonds is 9. The molecule has 1 aromatic rings. The molecule has 2 saturated heterocycles. The summed E-state index contributed by atoms with van der Waals surface area (Å²) in [6, 6.07) is 2.64. The highest BCUT2D eigenvalue weighted by atomic mass is 35.5. The van der Waals surface area contributed by atoms with Gasteiger partial charge >= 0.3 is 6.18 Å². The minimum Gasteiger partial charge on any atom is -0.506 e. The maximum atomic E-state index is 12.7. The van der Waals surface area contributed by atoms with Gasteiger partial charge in [-0.3, -0.25) is 14.6 Å². The van der Waals surface area contributed by atoms with Crippen LogP contribution in [0.25, 0.3) is 0 Å². The van der Waals surface area contributed by atoms with Crippen molar-refractivity contribution in [1.82, 2.24) is 14.7 Å². The molecule has 32 heavy (non-hydrogen) atoms. The van der Waals surface area contributed by atoms with Gasteiger partial charge in [-0.2, -0.15) is 13.2 Å². The Morgan fingerprint density at radius 3 is 2.59 bits per heavy atom. The van der Waals surface area contributed by atoms with E-state index in [0.29, 0.717) is 32.5 Å². The number of halogens is 4. The Morgan fingerprint density at radius 2 is 1.97 bits per heavy atom. The van der Waals surface area contributed by atoms with Crippen LogP contribution in [0, 0.1) is 0 Å². The summed E-state index contributed by atoms with van der Waals surface area (Å²) < 4.78 is 43.5. The van der Waals surface area contributed by atoms with Crippen molar-refractivity contribution in [2.24, 2.45) is 0 Å². The second-order valence-corrected chi connectivity index (χ2v) is 8.41. The third kappa shape index (κ3) is 6.74. The molecule has 3 rings (SSSR count). The maximum absolute atomic E-state index is 12.7. The van der Waals surface area contributed by atoms with Crippen LogP contribution in [-0.4, -0.2) is 97.1 Å². The van der Waals surface area contributed by atoms with Crippen molar-refractivity contribution in [3.05, 3.63) is 35.4 Å². The quantitative estimate of drug-likeness (QED) is 0.324. The number of piperazine rings is 1. The maximum Gasteiger partial charge on any atom is 0.393 e. The fraction of sp³-hybridized carbons (Fsp3) is 0.571. The summed E-state index contributed by atoms with van der Waals surface area (Å²) >= 11 is 5.81. The van der Waals surface area contributed by atoms with Crippen LogP contribution >= 0.6 is 11.6 Å². The Hall–Kier alpha value is -2.01. The Kier molecular flexibility index (Phi) is 8.26. The van der Waals surface area contributed by atoms with E-state index in [4.69, 9.17) is 16.3 Å². The van der Waals surface area contributed by atoms with E-state index in [1.54, 1.807) is 11.0 Å². The first kappa shape index (κ1) is 24.6. The van der Waals surface area contributed by atoms with E-state index in [0.717, 1.165) is 38.3 Å². The molecule has 2 aliphatic heterocycles. The summed E-state index contributed by atoms with van der Waals surface area (Å²) in [6.07, 6.45) is -3.92. The van der Waals surface area contributed by atoms with Crippen LogP contribution in [-0.2, 0) is 16.0 Å². The number of carbonyl (C=O) groups excluding carboxylic acids is 1. The van der Waals surface area contributed by atoms with Gasteiger partial charge in [0.2, 0.25) is 5.91 Å². The molecule has 2 heterocycles. The second kappa shape index (κ2) is 10.7. The standard InChI is InChI=1S/C21H28ClF3N4O3/c1-2-7-32-14-27-12-16(13-27)28-3-5-29(6-4-28)20(31)11-26-18-8-15(10-21(23,24)25)17(22)9-19(18)30/h2,8-9,16,26,30H,1,3-7,10-14H2. The van der Waals surface area contributed by atoms with Gasteiger partial charge in [0.25, 0.3) is 0 Å². The van der Waals surface area contributed by atoms with Crippen LogP contribution < -0.4 is 5.32 Å². The number of benzene rings is 1. The number of ether oxygens (including phenoxy) is 1. The fourth-order valence-corrected chi connectivity index (χ4v) is 4.09. The normalized spacial score (nSPS) is 18.4. The zero-order valence-electron chi connectivity index (χ0n) is 17.7. The number of hydrogen-bond acceptors (Lipinski definition) is 6. The van der Waals surface area contributed by atoms with E-state index >= 15 is 0 Å². The molecule has 0 atom stereocenters. The van der Waals surface area contributed by atoms with E-state index < -0.39 is 12.6 Å². The Bertz CT molecular complexity index is 810. The number of carbonyl (C=O) groups is 1. The van der Waals surface area contributed by atoms with E-state index in [2.05, 4.69) is 21.7 Å². The summed E-state index contributed by atoms with van der Waals surface area (Å²) in [4.78, 5) is 18.8. The van der Waals surface area contributed by atoms with Gasteiger partial charge in [0.1, 0.15) is 5.75 Å². The first-order chi connectivity index (χ1) is 15.2. The van der Waals surface area contributed by atoms with Crippen LogP contribution in [0.5, 0.6) is 5.75 Å². The lowest BCUT2D eigenvalue weighted by Crippen LogP contribution is -2.63. The van der Waals surface area contributed by atoms with E-state index in [1.807, 2.05) is 0 Å². The molecule has 1 aromatic carbocycles. The van der Waals surface area contributed by atoms with E-state index in [1.165, 1.54) is 0 Å². The highest BCUT2D eigenvalue weighted by Crippen LogP contribution is 2.34. The highest BCUT2D eigenvalue weighted by molar-refractivity contribution is 6.31. The van der Waals surface area contributed by atoms with Gasteiger partial charge in [0.15, 0.2) is 0 Å². The number of phenolic OH excluding ortho intramolecular Hbond substituents is 1. The van der Waals surface area contributed by atoms with Crippen molar-refractivity contribution >= 4 is 23.2 Å². The molecule has 7 nitrogen and oxygen atoms in total. The zero-order valence-corrected chi connectivity index (χ0v) is 18.5. The lowest BCUT2D eigenvalue weighted by atomic mass is 10.1. The number of aromatic hydroxyl groups is 1. The van der Waals surface area contributed by atoms with Gasteiger partial charge < -0.3 is 20.1 Å². The van der Waals surface area contributed by atoms with Crippen molar-refractivity contribution in [1.29, 1.82) is 0 Å². The fourth-order valence-electron chi connectivity index (χ4n) is 3.86. The predicted molar refractivity (Wildman–Crippen MR) is 116 cm³/mol. The van der Waals surface area contributed by atoms with Crippen LogP contribution in [0.3, 0.4) is 0 Å². The summed E-state index contributed by atoms with van der Waals surface area (Å²) in [7, 11) is 0. The predicted octanol–water partition coefficient (Wildman–Crippen LogP) is 2.55. The molecule has 178 valence electrons. The highest BCUT2D eigenvalue weighted by Gasteiger charge is 2.34. The zero-order chi connectivity index (χ0) is 23.3. The molecule has 0 aliphatic carbocycles. The molecular formula is C21H28ClF3N4O3. The molecule has 0 unspecified atom stereocenters. The third-order valence-corrected chi connectivity index (χ3v) is 5.97. The Labute approximate surface area is 190 Å². The Morgan fingerprint density at radius 1 is 1.28 bits per heavy atom. The van der Waals surface area contributed by atoms with Crippen molar-refractivity contribution in [3.8, 4) is 5.75 Å². The smallest absolute Gasteiger partial charge is 0.393 e. The number of phenols is 1. The number of nitrogens with zero attached hydrogens (tertiary/aromatic N) is 3.